The van der Waals surface area contributed by atoms with Crippen molar-refractivity contribution in [3.8, 4) is 0 Å². The van der Waals surface area contributed by atoms with Crippen molar-refractivity contribution in [1.29, 1.82) is 0 Å². The summed E-state index contributed by atoms with van der Waals surface area (Å²) < 4.78 is 49.1. The summed E-state index contributed by atoms with van der Waals surface area (Å²) in [5.41, 5.74) is -3.35. The number of carboxylic acid groups (broad SMARTS) is 1. The molecule has 0 spiro atoms. The van der Waals surface area contributed by atoms with Crippen LogP contribution in [-0.2, 0) is 15.6 Å². The molecular weight excluding hydrogens is 301 g/mol. The highest BCUT2D eigenvalue weighted by molar-refractivity contribution is 7.85. The van der Waals surface area contributed by atoms with Crippen LogP contribution in [0.4, 0.5) is 18.0 Å². The van der Waals surface area contributed by atoms with Crippen molar-refractivity contribution in [2.45, 2.75) is 37.5 Å². The standard InChI is InChI=1S/C10H15F3N2O4S/c1-9(7(16)17,10(11,12)13)15-8(18)14-6-2-4-20(19)5-3-6/h6H,2-5H2,1H3,(H,16,17)(H2,14,15,18). The predicted octanol–water partition coefficient (Wildman–Crippen LogP) is 0.602. The Labute approximate surface area is 115 Å². The number of nitrogens with one attached hydrogen (secondary N) is 2. The molecule has 1 aliphatic heterocycles. The average Bonchev–Trinajstić information content (AvgIpc) is 2.30. The van der Waals surface area contributed by atoms with Crippen molar-refractivity contribution < 1.29 is 32.1 Å². The Bertz CT molecular complexity index is 419. The molecule has 3 N–H and O–H groups in total. The minimum atomic E-state index is -5.12. The molecule has 1 heterocycles. The van der Waals surface area contributed by atoms with Crippen LogP contribution in [0.5, 0.6) is 0 Å². The molecule has 10 heteroatoms. The fourth-order valence-corrected chi connectivity index (χ4v) is 2.93. The molecule has 6 nitrogen and oxygen atoms in total. The first-order valence-electron chi connectivity index (χ1n) is 5.80. The molecule has 0 aromatic carbocycles. The highest BCUT2D eigenvalue weighted by Gasteiger charge is 2.58. The highest BCUT2D eigenvalue weighted by atomic mass is 32.2. The lowest BCUT2D eigenvalue weighted by atomic mass is 10.0. The Morgan fingerprint density at radius 2 is 1.75 bits per heavy atom. The van der Waals surface area contributed by atoms with Crippen molar-refractivity contribution in [3.63, 3.8) is 0 Å². The quantitative estimate of drug-likeness (QED) is 0.710. The molecule has 0 aromatic rings. The number of carboxylic acids is 1. The SMILES string of the molecule is CC(NC(=O)NC1CCS(=O)CC1)(C(=O)O)C(F)(F)F. The molecule has 116 valence electrons. The third kappa shape index (κ3) is 3.84. The first kappa shape index (κ1) is 16.7. The van der Waals surface area contributed by atoms with E-state index in [0.29, 0.717) is 31.3 Å². The highest BCUT2D eigenvalue weighted by Crippen LogP contribution is 2.30. The van der Waals surface area contributed by atoms with Crippen molar-refractivity contribution in [3.05, 3.63) is 0 Å². The zero-order valence-corrected chi connectivity index (χ0v) is 11.4. The molecule has 2 amide bonds. The van der Waals surface area contributed by atoms with E-state index < -0.39 is 40.6 Å². The summed E-state index contributed by atoms with van der Waals surface area (Å²) in [5.74, 6) is -1.47. The molecule has 0 aliphatic carbocycles. The average molecular weight is 316 g/mol. The minimum absolute atomic E-state index is 0.362. The summed E-state index contributed by atoms with van der Waals surface area (Å²) in [6.45, 7) is 0.380. The summed E-state index contributed by atoms with van der Waals surface area (Å²) in [6.07, 6.45) is -4.35. The second-order valence-electron chi connectivity index (χ2n) is 4.65. The van der Waals surface area contributed by atoms with E-state index in [9.17, 15) is 27.0 Å². The van der Waals surface area contributed by atoms with Gasteiger partial charge in [-0.1, -0.05) is 0 Å². The number of rotatable bonds is 3. The molecule has 1 fully saturated rings. The maximum absolute atomic E-state index is 12.7. The van der Waals surface area contributed by atoms with E-state index in [4.69, 9.17) is 5.11 Å². The van der Waals surface area contributed by atoms with Gasteiger partial charge in [-0.25, -0.2) is 9.59 Å². The third-order valence-corrected chi connectivity index (χ3v) is 4.46. The fraction of sp³-hybridized carbons (Fsp3) is 0.800. The predicted molar refractivity (Wildman–Crippen MR) is 64.7 cm³/mol. The van der Waals surface area contributed by atoms with Crippen LogP contribution in [0.3, 0.4) is 0 Å². The normalized spacial score (nSPS) is 26.4. The van der Waals surface area contributed by atoms with E-state index in [1.54, 1.807) is 0 Å². The topological polar surface area (TPSA) is 95.5 Å². The van der Waals surface area contributed by atoms with Crippen LogP contribution in [0, 0.1) is 0 Å². The zero-order chi connectivity index (χ0) is 15.6. The minimum Gasteiger partial charge on any atom is -0.479 e. The molecule has 0 aromatic heterocycles. The Morgan fingerprint density at radius 3 is 2.15 bits per heavy atom. The Hall–Kier alpha value is -1.32. The van der Waals surface area contributed by atoms with Crippen LogP contribution in [0.2, 0.25) is 0 Å². The van der Waals surface area contributed by atoms with Gasteiger partial charge in [0.15, 0.2) is 0 Å². The third-order valence-electron chi connectivity index (χ3n) is 3.08. The summed E-state index contributed by atoms with van der Waals surface area (Å²) >= 11 is 0. The van der Waals surface area contributed by atoms with Gasteiger partial charge in [0.1, 0.15) is 0 Å². The van der Waals surface area contributed by atoms with Gasteiger partial charge < -0.3 is 15.7 Å². The number of amides is 2. The molecule has 1 atom stereocenters. The lowest BCUT2D eigenvalue weighted by Crippen LogP contribution is -2.64. The first-order valence-corrected chi connectivity index (χ1v) is 7.29. The zero-order valence-electron chi connectivity index (χ0n) is 10.6. The van der Waals surface area contributed by atoms with E-state index in [1.807, 2.05) is 0 Å². The van der Waals surface area contributed by atoms with Gasteiger partial charge in [0.2, 0.25) is 5.54 Å². The number of aliphatic carboxylic acids is 1. The molecular formula is C10H15F3N2O4S. The lowest BCUT2D eigenvalue weighted by Gasteiger charge is -2.30. The lowest BCUT2D eigenvalue weighted by molar-refractivity contribution is -0.203. The summed E-state index contributed by atoms with van der Waals surface area (Å²) in [4.78, 5) is 22.2. The first-order chi connectivity index (χ1) is 9.06. The van der Waals surface area contributed by atoms with Crippen molar-refractivity contribution in [2.75, 3.05) is 11.5 Å². The van der Waals surface area contributed by atoms with Crippen LogP contribution in [0.1, 0.15) is 19.8 Å². The van der Waals surface area contributed by atoms with Gasteiger partial charge in [0, 0.05) is 28.3 Å². The fourth-order valence-electron chi connectivity index (χ4n) is 1.63. The second-order valence-corrected chi connectivity index (χ2v) is 6.34. The van der Waals surface area contributed by atoms with E-state index >= 15 is 0 Å². The molecule has 1 unspecified atom stereocenters. The number of hydrogen-bond donors (Lipinski definition) is 3. The van der Waals surface area contributed by atoms with E-state index in [0.717, 1.165) is 0 Å². The van der Waals surface area contributed by atoms with Gasteiger partial charge in [0.05, 0.1) is 0 Å². The molecule has 1 rings (SSSR count). The maximum atomic E-state index is 12.7. The second kappa shape index (κ2) is 5.98. The Kier molecular flexibility index (Phi) is 5.00. The van der Waals surface area contributed by atoms with Crippen molar-refractivity contribution in [2.24, 2.45) is 0 Å². The van der Waals surface area contributed by atoms with Crippen LogP contribution in [0.25, 0.3) is 0 Å². The molecule has 0 saturated carbocycles. The summed E-state index contributed by atoms with van der Waals surface area (Å²) in [6, 6.07) is -1.61. The van der Waals surface area contributed by atoms with E-state index in [-0.39, 0.29) is 0 Å². The van der Waals surface area contributed by atoms with Crippen LogP contribution >= 0.6 is 0 Å². The van der Waals surface area contributed by atoms with Gasteiger partial charge in [-0.15, -0.1) is 0 Å². The largest absolute Gasteiger partial charge is 0.479 e. The summed E-state index contributed by atoms with van der Waals surface area (Å²) in [7, 11) is -0.962. The van der Waals surface area contributed by atoms with Crippen LogP contribution in [-0.4, -0.2) is 50.6 Å². The molecule has 1 aliphatic rings. The number of carbonyl (C=O) groups is 2. The van der Waals surface area contributed by atoms with Gasteiger partial charge in [-0.3, -0.25) is 4.21 Å². The summed E-state index contributed by atoms with van der Waals surface area (Å²) in [5, 5.41) is 12.4. The van der Waals surface area contributed by atoms with Gasteiger partial charge in [-0.2, -0.15) is 13.2 Å². The number of halogens is 3. The number of alkyl halides is 3. The number of carbonyl (C=O) groups excluding carboxylic acids is 1. The molecule has 0 radical (unpaired) electrons. The smallest absolute Gasteiger partial charge is 0.422 e. The Morgan fingerprint density at radius 1 is 1.25 bits per heavy atom. The van der Waals surface area contributed by atoms with Crippen LogP contribution in [0.15, 0.2) is 0 Å². The Balaban J connectivity index is 2.64. The molecule has 1 saturated heterocycles. The van der Waals surface area contributed by atoms with E-state index in [2.05, 4.69) is 5.32 Å². The van der Waals surface area contributed by atoms with Crippen molar-refractivity contribution >= 4 is 22.8 Å². The number of hydrogen-bond acceptors (Lipinski definition) is 3. The molecule has 0 bridgehead atoms. The van der Waals surface area contributed by atoms with Gasteiger partial charge in [-0.05, 0) is 19.8 Å². The van der Waals surface area contributed by atoms with Gasteiger partial charge in [0.25, 0.3) is 0 Å². The number of urea groups is 1. The monoisotopic (exact) mass is 316 g/mol. The maximum Gasteiger partial charge on any atom is 0.422 e. The van der Waals surface area contributed by atoms with E-state index in [1.165, 1.54) is 5.32 Å². The van der Waals surface area contributed by atoms with Crippen molar-refractivity contribution in [1.82, 2.24) is 10.6 Å². The van der Waals surface area contributed by atoms with Crippen LogP contribution < -0.4 is 10.6 Å². The van der Waals surface area contributed by atoms with Gasteiger partial charge >= 0.3 is 18.2 Å². The molecule has 20 heavy (non-hydrogen) atoms.